The molecule has 11 heteroatoms. The number of amides is 1. The van der Waals surface area contributed by atoms with Gasteiger partial charge in [0.25, 0.3) is 11.5 Å². The fourth-order valence-electron chi connectivity index (χ4n) is 3.38. The standard InChI is InChI=1S/C23H28FN5O4S/c1-2-29-22(31)20(34-23(29)19(15-25)21(30)26-7-6-24)16-27-17-4-3-5-18(14-17)33-13-10-28-8-11-32-12-9-28/h3-5,14,16,27H,2,6-13H2,1H3,(H,26,30). The van der Waals surface area contributed by atoms with Gasteiger partial charge < -0.3 is 20.1 Å². The maximum Gasteiger partial charge on any atom is 0.270 e. The molecular formula is C23H28FN5O4S. The molecule has 1 fully saturated rings. The first-order valence-electron chi connectivity index (χ1n) is 11.0. The molecule has 1 saturated heterocycles. The van der Waals surface area contributed by atoms with Gasteiger partial charge in [0.1, 0.15) is 34.3 Å². The van der Waals surface area contributed by atoms with Gasteiger partial charge in [-0.25, -0.2) is 4.39 Å². The van der Waals surface area contributed by atoms with Crippen LogP contribution in [0.25, 0.3) is 11.8 Å². The Morgan fingerprint density at radius 2 is 2.18 bits per heavy atom. The van der Waals surface area contributed by atoms with Crippen molar-refractivity contribution in [3.05, 3.63) is 43.8 Å². The largest absolute Gasteiger partial charge is 0.492 e. The van der Waals surface area contributed by atoms with Gasteiger partial charge in [0.05, 0.1) is 13.2 Å². The summed E-state index contributed by atoms with van der Waals surface area (Å²) in [5.74, 6) is -0.000769. The first kappa shape index (κ1) is 25.4. The Hall–Kier alpha value is -3.20. The van der Waals surface area contributed by atoms with E-state index < -0.39 is 12.6 Å². The number of morpholine rings is 1. The molecule has 1 aromatic carbocycles. The van der Waals surface area contributed by atoms with Crippen LogP contribution in [0.4, 0.5) is 10.1 Å². The number of carbonyl (C=O) groups is 1. The Morgan fingerprint density at radius 3 is 2.88 bits per heavy atom. The number of nitriles is 1. The first-order valence-corrected chi connectivity index (χ1v) is 11.9. The van der Waals surface area contributed by atoms with Crippen LogP contribution in [0.5, 0.6) is 5.75 Å². The van der Waals surface area contributed by atoms with Gasteiger partial charge >= 0.3 is 0 Å². The molecule has 2 aromatic rings. The van der Waals surface area contributed by atoms with E-state index in [-0.39, 0.29) is 28.9 Å². The molecule has 0 aliphatic carbocycles. The third-order valence-corrected chi connectivity index (χ3v) is 6.27. The molecule has 0 atom stereocenters. The molecule has 3 rings (SSSR count). The highest BCUT2D eigenvalue weighted by atomic mass is 32.1. The highest BCUT2D eigenvalue weighted by Gasteiger charge is 2.15. The molecule has 0 spiro atoms. The minimum atomic E-state index is -0.742. The number of hydrogen-bond donors (Lipinski definition) is 2. The van der Waals surface area contributed by atoms with Crippen molar-refractivity contribution in [1.29, 1.82) is 5.26 Å². The van der Waals surface area contributed by atoms with E-state index in [9.17, 15) is 19.2 Å². The number of aromatic nitrogens is 1. The van der Waals surface area contributed by atoms with Crippen LogP contribution in [0.1, 0.15) is 6.92 Å². The molecule has 0 saturated carbocycles. The number of benzene rings is 1. The molecule has 1 aliphatic rings. The van der Waals surface area contributed by atoms with Crippen molar-refractivity contribution in [2.45, 2.75) is 13.5 Å². The first-order chi connectivity index (χ1) is 16.6. The van der Waals surface area contributed by atoms with E-state index in [1.165, 1.54) is 4.57 Å². The number of hydrogen-bond acceptors (Lipinski definition) is 8. The van der Waals surface area contributed by atoms with Crippen molar-refractivity contribution >= 4 is 34.7 Å². The molecule has 0 bridgehead atoms. The molecular weight excluding hydrogens is 461 g/mol. The quantitative estimate of drug-likeness (QED) is 0.493. The van der Waals surface area contributed by atoms with Crippen molar-refractivity contribution in [2.75, 3.05) is 58.0 Å². The Morgan fingerprint density at radius 1 is 1.38 bits per heavy atom. The third kappa shape index (κ3) is 6.66. The lowest BCUT2D eigenvalue weighted by molar-refractivity contribution is -0.115. The van der Waals surface area contributed by atoms with Gasteiger partial charge in [0.2, 0.25) is 0 Å². The summed E-state index contributed by atoms with van der Waals surface area (Å²) in [6, 6.07) is 9.23. The highest BCUT2D eigenvalue weighted by molar-refractivity contribution is 7.07. The summed E-state index contributed by atoms with van der Waals surface area (Å²) >= 11 is 1.03. The smallest absolute Gasteiger partial charge is 0.270 e. The zero-order chi connectivity index (χ0) is 24.3. The molecule has 1 amide bonds. The van der Waals surface area contributed by atoms with E-state index in [1.54, 1.807) is 13.1 Å². The van der Waals surface area contributed by atoms with Gasteiger partial charge in [-0.05, 0) is 19.1 Å². The van der Waals surface area contributed by atoms with Crippen LogP contribution in [-0.2, 0) is 16.1 Å². The lowest BCUT2D eigenvalue weighted by Crippen LogP contribution is -2.38. The van der Waals surface area contributed by atoms with E-state index in [0.29, 0.717) is 16.9 Å². The van der Waals surface area contributed by atoms with Crippen LogP contribution in [0.2, 0.25) is 0 Å². The normalized spacial score (nSPS) is 15.5. The average molecular weight is 490 g/mol. The number of carbonyl (C=O) groups excluding carboxylic acids is 1. The second-order valence-electron chi connectivity index (χ2n) is 7.37. The monoisotopic (exact) mass is 489 g/mol. The fourth-order valence-corrected chi connectivity index (χ4v) is 4.47. The van der Waals surface area contributed by atoms with E-state index in [0.717, 1.165) is 49.9 Å². The molecule has 34 heavy (non-hydrogen) atoms. The summed E-state index contributed by atoms with van der Waals surface area (Å²) in [5.41, 5.74) is 0.193. The minimum absolute atomic E-state index is 0.197. The van der Waals surface area contributed by atoms with E-state index in [4.69, 9.17) is 9.47 Å². The van der Waals surface area contributed by atoms with E-state index >= 15 is 0 Å². The Balaban J connectivity index is 1.76. The van der Waals surface area contributed by atoms with Gasteiger partial charge in [-0.15, -0.1) is 11.3 Å². The van der Waals surface area contributed by atoms with Crippen molar-refractivity contribution in [1.82, 2.24) is 14.8 Å². The average Bonchev–Trinajstić information content (AvgIpc) is 3.17. The lowest BCUT2D eigenvalue weighted by Gasteiger charge is -2.26. The van der Waals surface area contributed by atoms with Crippen molar-refractivity contribution < 1.29 is 18.7 Å². The third-order valence-electron chi connectivity index (χ3n) is 5.14. The van der Waals surface area contributed by atoms with Crippen molar-refractivity contribution in [3.63, 3.8) is 0 Å². The van der Waals surface area contributed by atoms with Crippen molar-refractivity contribution in [2.24, 2.45) is 0 Å². The van der Waals surface area contributed by atoms with Crippen LogP contribution in [0, 0.1) is 11.3 Å². The van der Waals surface area contributed by atoms with E-state index in [2.05, 4.69) is 15.5 Å². The predicted octanol–water partition coefficient (Wildman–Crippen LogP) is 0.251. The van der Waals surface area contributed by atoms with Gasteiger partial charge in [0.15, 0.2) is 5.57 Å². The molecule has 0 radical (unpaired) electrons. The topological polar surface area (TPSA) is 109 Å². The number of rotatable bonds is 10. The molecule has 0 unspecified atom stereocenters. The summed E-state index contributed by atoms with van der Waals surface area (Å²) in [4.78, 5) is 27.3. The molecule has 1 aliphatic heterocycles. The number of anilines is 1. The minimum Gasteiger partial charge on any atom is -0.492 e. The molecule has 1 aromatic heterocycles. The van der Waals surface area contributed by atoms with Crippen LogP contribution in [-0.4, -0.2) is 68.0 Å². The second-order valence-corrected chi connectivity index (χ2v) is 8.40. The number of alkyl halides is 1. The van der Waals surface area contributed by atoms with Gasteiger partial charge in [-0.3, -0.25) is 19.1 Å². The maximum atomic E-state index is 12.8. The Bertz CT molecular complexity index is 1200. The molecule has 182 valence electrons. The number of halogens is 1. The number of nitrogens with zero attached hydrogens (tertiary/aromatic N) is 3. The SMILES string of the molecule is CCn1c(=C(C#N)C(=O)NCCF)sc(=CNc2cccc(OCCN3CCOCC3)c2)c1=O. The zero-order valence-corrected chi connectivity index (χ0v) is 19.8. The number of thiazole rings is 1. The van der Waals surface area contributed by atoms with Crippen LogP contribution >= 0.6 is 11.3 Å². The van der Waals surface area contributed by atoms with E-state index in [1.807, 2.05) is 30.3 Å². The Kier molecular flexibility index (Phi) is 9.63. The summed E-state index contributed by atoms with van der Waals surface area (Å²) in [7, 11) is 0. The van der Waals surface area contributed by atoms with Crippen LogP contribution < -0.4 is 30.1 Å². The maximum absolute atomic E-state index is 12.8. The number of nitrogens with one attached hydrogen (secondary N) is 2. The van der Waals surface area contributed by atoms with Crippen LogP contribution in [0.15, 0.2) is 29.1 Å². The van der Waals surface area contributed by atoms with Gasteiger partial charge in [0, 0.05) is 50.7 Å². The zero-order valence-electron chi connectivity index (χ0n) is 19.0. The second kappa shape index (κ2) is 12.9. The van der Waals surface area contributed by atoms with Gasteiger partial charge in [-0.2, -0.15) is 5.26 Å². The number of ether oxygens (including phenoxy) is 2. The molecule has 2 heterocycles. The summed E-state index contributed by atoms with van der Waals surface area (Å²) in [6.45, 7) is 5.77. The lowest BCUT2D eigenvalue weighted by atomic mass is 10.3. The van der Waals surface area contributed by atoms with Crippen LogP contribution in [0.3, 0.4) is 0 Å². The summed E-state index contributed by atoms with van der Waals surface area (Å²) in [6.07, 6.45) is 1.55. The highest BCUT2D eigenvalue weighted by Crippen LogP contribution is 2.17. The molecule has 9 nitrogen and oxygen atoms in total. The summed E-state index contributed by atoms with van der Waals surface area (Å²) in [5, 5.41) is 14.9. The molecule has 2 N–H and O–H groups in total. The Labute approximate surface area is 200 Å². The predicted molar refractivity (Wildman–Crippen MR) is 129 cm³/mol. The summed E-state index contributed by atoms with van der Waals surface area (Å²) < 4.78 is 25.5. The van der Waals surface area contributed by atoms with Gasteiger partial charge in [-0.1, -0.05) is 6.07 Å². The fraction of sp³-hybridized carbons (Fsp3) is 0.435. The van der Waals surface area contributed by atoms with Crippen molar-refractivity contribution in [3.8, 4) is 11.8 Å².